The molecule has 0 atom stereocenters. The molecule has 0 spiro atoms. The van der Waals surface area contributed by atoms with E-state index < -0.39 is 11.4 Å². The number of nitrogens with zero attached hydrogens (tertiary/aromatic N) is 1. The molecule has 2 aromatic rings. The van der Waals surface area contributed by atoms with Crippen LogP contribution in [0.25, 0.3) is 10.9 Å². The van der Waals surface area contributed by atoms with Gasteiger partial charge in [-0.05, 0) is 32.0 Å². The average molecular weight is 310 g/mol. The fraction of sp³-hybridized carbons (Fsp3) is 0.231. The normalized spacial score (nSPS) is 11.1. The van der Waals surface area contributed by atoms with Gasteiger partial charge in [0, 0.05) is 22.1 Å². The number of rotatable bonds is 2. The van der Waals surface area contributed by atoms with Crippen LogP contribution in [0.2, 0.25) is 0 Å². The van der Waals surface area contributed by atoms with Gasteiger partial charge in [-0.25, -0.2) is 4.79 Å². The van der Waals surface area contributed by atoms with E-state index in [1.807, 2.05) is 26.0 Å². The number of carbonyl (C=O) groups is 1. The smallest absolute Gasteiger partial charge is 0.341 e. The minimum atomic E-state index is -1.20. The van der Waals surface area contributed by atoms with E-state index in [0.717, 1.165) is 9.99 Å². The van der Waals surface area contributed by atoms with Crippen molar-refractivity contribution in [2.75, 3.05) is 0 Å². The zero-order valence-electron chi connectivity index (χ0n) is 9.98. The molecule has 94 valence electrons. The van der Waals surface area contributed by atoms with Gasteiger partial charge in [0.05, 0.1) is 5.52 Å². The average Bonchev–Trinajstić information content (AvgIpc) is 2.29. The van der Waals surface area contributed by atoms with E-state index in [9.17, 15) is 9.59 Å². The number of aromatic nitrogens is 1. The van der Waals surface area contributed by atoms with Crippen LogP contribution in [0.15, 0.2) is 33.7 Å². The summed E-state index contributed by atoms with van der Waals surface area (Å²) in [7, 11) is 0. The summed E-state index contributed by atoms with van der Waals surface area (Å²) in [6, 6.07) is 5.38. The van der Waals surface area contributed by atoms with Crippen LogP contribution in [-0.4, -0.2) is 15.6 Å². The van der Waals surface area contributed by atoms with Gasteiger partial charge >= 0.3 is 5.97 Å². The van der Waals surface area contributed by atoms with Crippen molar-refractivity contribution in [3.8, 4) is 0 Å². The summed E-state index contributed by atoms with van der Waals surface area (Å²) in [5, 5.41) is 9.49. The summed E-state index contributed by atoms with van der Waals surface area (Å²) in [6.07, 6.45) is 1.41. The second-order valence-electron chi connectivity index (χ2n) is 4.34. The molecule has 0 fully saturated rings. The lowest BCUT2D eigenvalue weighted by Gasteiger charge is -2.15. The van der Waals surface area contributed by atoms with Crippen LogP contribution in [0.1, 0.15) is 30.2 Å². The SMILES string of the molecule is CC(C)n1cc(C(=O)O)c(=O)c2cc(Br)ccc21. The molecule has 0 unspecified atom stereocenters. The van der Waals surface area contributed by atoms with E-state index in [4.69, 9.17) is 5.11 Å². The Morgan fingerprint density at radius 3 is 2.61 bits per heavy atom. The summed E-state index contributed by atoms with van der Waals surface area (Å²) in [4.78, 5) is 23.2. The van der Waals surface area contributed by atoms with Crippen molar-refractivity contribution in [3.05, 3.63) is 44.7 Å². The second-order valence-corrected chi connectivity index (χ2v) is 5.26. The van der Waals surface area contributed by atoms with Crippen molar-refractivity contribution in [2.24, 2.45) is 0 Å². The molecule has 1 aromatic carbocycles. The Labute approximate surface area is 112 Å². The van der Waals surface area contributed by atoms with Crippen molar-refractivity contribution in [3.63, 3.8) is 0 Å². The van der Waals surface area contributed by atoms with Gasteiger partial charge in [0.1, 0.15) is 5.56 Å². The highest BCUT2D eigenvalue weighted by Crippen LogP contribution is 2.20. The van der Waals surface area contributed by atoms with E-state index in [1.54, 1.807) is 10.6 Å². The number of hydrogen-bond donors (Lipinski definition) is 1. The molecule has 1 N–H and O–H groups in total. The summed E-state index contributed by atoms with van der Waals surface area (Å²) in [6.45, 7) is 3.88. The first-order chi connectivity index (χ1) is 8.41. The number of pyridine rings is 1. The van der Waals surface area contributed by atoms with Crippen molar-refractivity contribution in [1.29, 1.82) is 0 Å². The fourth-order valence-corrected chi connectivity index (χ4v) is 2.27. The monoisotopic (exact) mass is 309 g/mol. The van der Waals surface area contributed by atoms with Gasteiger partial charge in [-0.1, -0.05) is 15.9 Å². The Kier molecular flexibility index (Phi) is 3.26. The maximum absolute atomic E-state index is 12.1. The molecule has 0 radical (unpaired) electrons. The van der Waals surface area contributed by atoms with E-state index in [1.165, 1.54) is 6.20 Å². The molecule has 0 amide bonds. The maximum atomic E-state index is 12.1. The summed E-state index contributed by atoms with van der Waals surface area (Å²) in [5.74, 6) is -1.20. The Balaban J connectivity index is 2.97. The quantitative estimate of drug-likeness (QED) is 0.927. The first-order valence-corrected chi connectivity index (χ1v) is 6.29. The van der Waals surface area contributed by atoms with E-state index in [-0.39, 0.29) is 11.6 Å². The van der Waals surface area contributed by atoms with Crippen molar-refractivity contribution >= 4 is 32.8 Å². The van der Waals surface area contributed by atoms with Crippen LogP contribution in [0, 0.1) is 0 Å². The van der Waals surface area contributed by atoms with Crippen molar-refractivity contribution in [2.45, 2.75) is 19.9 Å². The van der Waals surface area contributed by atoms with Crippen LogP contribution in [0.4, 0.5) is 0 Å². The highest BCUT2D eigenvalue weighted by molar-refractivity contribution is 9.10. The molecule has 5 heteroatoms. The molecule has 18 heavy (non-hydrogen) atoms. The molecule has 0 saturated heterocycles. The molecule has 0 bridgehead atoms. The maximum Gasteiger partial charge on any atom is 0.341 e. The molecule has 0 saturated carbocycles. The largest absolute Gasteiger partial charge is 0.477 e. The number of fused-ring (bicyclic) bond motifs is 1. The predicted octanol–water partition coefficient (Wildman–Crippen LogP) is 3.04. The van der Waals surface area contributed by atoms with Crippen LogP contribution in [0.5, 0.6) is 0 Å². The summed E-state index contributed by atoms with van der Waals surface area (Å²) >= 11 is 3.29. The summed E-state index contributed by atoms with van der Waals surface area (Å²) in [5.41, 5.74) is 0.0909. The molecule has 2 rings (SSSR count). The van der Waals surface area contributed by atoms with Gasteiger partial charge in [-0.15, -0.1) is 0 Å². The number of carboxylic acid groups (broad SMARTS) is 1. The third-order valence-corrected chi connectivity index (χ3v) is 3.27. The van der Waals surface area contributed by atoms with Gasteiger partial charge in [0.2, 0.25) is 5.43 Å². The number of benzene rings is 1. The molecule has 0 aliphatic carbocycles. The lowest BCUT2D eigenvalue weighted by Crippen LogP contribution is -2.19. The molecule has 4 nitrogen and oxygen atoms in total. The minimum Gasteiger partial charge on any atom is -0.477 e. The van der Waals surface area contributed by atoms with Crippen LogP contribution in [-0.2, 0) is 0 Å². The predicted molar refractivity (Wildman–Crippen MR) is 73.3 cm³/mol. The first kappa shape index (κ1) is 12.8. The first-order valence-electron chi connectivity index (χ1n) is 5.49. The van der Waals surface area contributed by atoms with Gasteiger partial charge in [-0.3, -0.25) is 4.79 Å². The lowest BCUT2D eigenvalue weighted by molar-refractivity contribution is 0.0695. The van der Waals surface area contributed by atoms with E-state index >= 15 is 0 Å². The number of aromatic carboxylic acids is 1. The second kappa shape index (κ2) is 4.57. The number of carboxylic acids is 1. The molecular weight excluding hydrogens is 298 g/mol. The lowest BCUT2D eigenvalue weighted by atomic mass is 10.1. The van der Waals surface area contributed by atoms with Gasteiger partial charge in [-0.2, -0.15) is 0 Å². The van der Waals surface area contributed by atoms with Gasteiger partial charge in [0.25, 0.3) is 0 Å². The highest BCUT2D eigenvalue weighted by atomic mass is 79.9. The van der Waals surface area contributed by atoms with E-state index in [2.05, 4.69) is 15.9 Å². The number of halogens is 1. The Bertz CT molecular complexity index is 688. The topological polar surface area (TPSA) is 59.3 Å². The van der Waals surface area contributed by atoms with Crippen LogP contribution in [0.3, 0.4) is 0 Å². The highest BCUT2D eigenvalue weighted by Gasteiger charge is 2.15. The van der Waals surface area contributed by atoms with Gasteiger partial charge in [0.15, 0.2) is 0 Å². The van der Waals surface area contributed by atoms with Crippen molar-refractivity contribution in [1.82, 2.24) is 4.57 Å². The fourth-order valence-electron chi connectivity index (χ4n) is 1.91. The van der Waals surface area contributed by atoms with Gasteiger partial charge < -0.3 is 9.67 Å². The van der Waals surface area contributed by atoms with Crippen LogP contribution < -0.4 is 5.43 Å². The molecule has 0 aliphatic heterocycles. The summed E-state index contributed by atoms with van der Waals surface area (Å²) < 4.78 is 2.55. The zero-order chi connectivity index (χ0) is 13.4. The molecule has 1 aromatic heterocycles. The van der Waals surface area contributed by atoms with Crippen LogP contribution >= 0.6 is 15.9 Å². The third kappa shape index (κ3) is 2.06. The molecule has 1 heterocycles. The molecular formula is C13H12BrNO3. The minimum absolute atomic E-state index is 0.0763. The van der Waals surface area contributed by atoms with E-state index in [0.29, 0.717) is 5.39 Å². The molecule has 0 aliphatic rings. The van der Waals surface area contributed by atoms with Crippen molar-refractivity contribution < 1.29 is 9.90 Å². The Hall–Kier alpha value is -1.62. The zero-order valence-corrected chi connectivity index (χ0v) is 11.6. The Morgan fingerprint density at radius 1 is 1.39 bits per heavy atom. The Morgan fingerprint density at radius 2 is 2.06 bits per heavy atom. The number of hydrogen-bond acceptors (Lipinski definition) is 2. The standard InChI is InChI=1S/C13H12BrNO3/c1-7(2)15-6-10(13(17)18)12(16)9-5-8(14)3-4-11(9)15/h3-7H,1-2H3,(H,17,18). The third-order valence-electron chi connectivity index (χ3n) is 2.78.